The topological polar surface area (TPSA) is 61.4 Å². The molecule has 3 aromatic heterocycles. The van der Waals surface area contributed by atoms with Crippen molar-refractivity contribution in [3.63, 3.8) is 0 Å². The number of benzene rings is 1. The van der Waals surface area contributed by atoms with Crippen molar-refractivity contribution in [1.82, 2.24) is 29.3 Å². The van der Waals surface area contributed by atoms with Gasteiger partial charge < -0.3 is 4.57 Å². The molecule has 24 heavy (non-hydrogen) atoms. The van der Waals surface area contributed by atoms with Crippen LogP contribution in [0.1, 0.15) is 5.69 Å². The van der Waals surface area contributed by atoms with Crippen molar-refractivity contribution in [2.75, 3.05) is 0 Å². The lowest BCUT2D eigenvalue weighted by molar-refractivity contribution is 0.650. The van der Waals surface area contributed by atoms with Gasteiger partial charge in [0.2, 0.25) is 0 Å². The highest BCUT2D eigenvalue weighted by atomic mass is 15.3. The van der Waals surface area contributed by atoms with Crippen LogP contribution in [0.5, 0.6) is 0 Å². The summed E-state index contributed by atoms with van der Waals surface area (Å²) in [6, 6.07) is 10.3. The molecule has 0 radical (unpaired) electrons. The van der Waals surface area contributed by atoms with E-state index in [2.05, 4.69) is 38.2 Å². The van der Waals surface area contributed by atoms with Crippen LogP contribution in [0.15, 0.2) is 67.8 Å². The van der Waals surface area contributed by atoms with E-state index in [4.69, 9.17) is 0 Å². The summed E-state index contributed by atoms with van der Waals surface area (Å²) in [7, 11) is 1.98. The van der Waals surface area contributed by atoms with E-state index in [1.54, 1.807) is 6.33 Å². The maximum absolute atomic E-state index is 4.68. The smallest absolute Gasteiger partial charge is 0.115 e. The Morgan fingerprint density at radius 2 is 1.75 bits per heavy atom. The summed E-state index contributed by atoms with van der Waals surface area (Å²) in [5.74, 6) is 0. The zero-order chi connectivity index (χ0) is 16.4. The summed E-state index contributed by atoms with van der Waals surface area (Å²) in [6.07, 6.45) is 10.8. The molecule has 0 unspecified atom stereocenters. The van der Waals surface area contributed by atoms with Crippen LogP contribution in [0.25, 0.3) is 22.4 Å². The molecule has 6 heteroatoms. The van der Waals surface area contributed by atoms with Crippen LogP contribution in [-0.2, 0) is 13.6 Å². The van der Waals surface area contributed by atoms with Gasteiger partial charge in [-0.2, -0.15) is 5.10 Å². The molecule has 0 bridgehead atoms. The Kier molecular flexibility index (Phi) is 3.63. The lowest BCUT2D eigenvalue weighted by atomic mass is 10.0. The van der Waals surface area contributed by atoms with Gasteiger partial charge in [-0.05, 0) is 17.7 Å². The first-order chi connectivity index (χ1) is 11.8. The molecule has 0 aliphatic heterocycles. The Balaban J connectivity index is 1.62. The second kappa shape index (κ2) is 6.08. The molecule has 0 amide bonds. The molecule has 0 saturated heterocycles. The fourth-order valence-corrected chi connectivity index (χ4v) is 2.61. The normalized spacial score (nSPS) is 10.9. The highest BCUT2D eigenvalue weighted by Gasteiger charge is 2.06. The van der Waals surface area contributed by atoms with Gasteiger partial charge >= 0.3 is 0 Å². The maximum Gasteiger partial charge on any atom is 0.115 e. The van der Waals surface area contributed by atoms with Gasteiger partial charge in [0.25, 0.3) is 0 Å². The summed E-state index contributed by atoms with van der Waals surface area (Å²) in [6.45, 7) is 0.697. The van der Waals surface area contributed by atoms with Crippen molar-refractivity contribution >= 4 is 0 Å². The van der Waals surface area contributed by atoms with Crippen LogP contribution in [0.2, 0.25) is 0 Å². The van der Waals surface area contributed by atoms with Crippen LogP contribution in [0.3, 0.4) is 0 Å². The van der Waals surface area contributed by atoms with Crippen LogP contribution in [0, 0.1) is 0 Å². The van der Waals surface area contributed by atoms with Gasteiger partial charge in [-0.25, -0.2) is 15.0 Å². The number of nitrogens with zero attached hydrogens (tertiary/aromatic N) is 6. The van der Waals surface area contributed by atoms with Crippen LogP contribution < -0.4 is 0 Å². The van der Waals surface area contributed by atoms with Crippen molar-refractivity contribution in [3.05, 3.63) is 73.5 Å². The molecule has 6 nitrogen and oxygen atoms in total. The average molecular weight is 316 g/mol. The quantitative estimate of drug-likeness (QED) is 0.581. The van der Waals surface area contributed by atoms with E-state index in [9.17, 15) is 0 Å². The number of hydrogen-bond acceptors (Lipinski definition) is 4. The number of hydrogen-bond donors (Lipinski definition) is 0. The van der Waals surface area contributed by atoms with Crippen molar-refractivity contribution in [2.45, 2.75) is 6.54 Å². The van der Waals surface area contributed by atoms with Gasteiger partial charge in [-0.15, -0.1) is 0 Å². The molecule has 0 saturated carbocycles. The van der Waals surface area contributed by atoms with Crippen LogP contribution in [0.4, 0.5) is 0 Å². The minimum Gasteiger partial charge on any atom is -0.336 e. The van der Waals surface area contributed by atoms with Gasteiger partial charge in [0.15, 0.2) is 0 Å². The van der Waals surface area contributed by atoms with Crippen LogP contribution in [-0.4, -0.2) is 29.3 Å². The Hall–Kier alpha value is -3.28. The highest BCUT2D eigenvalue weighted by Crippen LogP contribution is 2.24. The molecular formula is C18H16N6. The molecule has 0 fully saturated rings. The SMILES string of the molecule is Cn1cncc1Cn1ccc(-c2cccc(-c3cncnc3)c2)n1. The summed E-state index contributed by atoms with van der Waals surface area (Å²) < 4.78 is 3.92. The lowest BCUT2D eigenvalue weighted by Gasteiger charge is -2.04. The molecule has 4 aromatic rings. The highest BCUT2D eigenvalue weighted by molar-refractivity contribution is 5.70. The van der Waals surface area contributed by atoms with Crippen molar-refractivity contribution in [3.8, 4) is 22.4 Å². The zero-order valence-electron chi connectivity index (χ0n) is 13.2. The first kappa shape index (κ1) is 14.3. The van der Waals surface area contributed by atoms with E-state index in [-0.39, 0.29) is 0 Å². The zero-order valence-corrected chi connectivity index (χ0v) is 13.2. The molecular weight excluding hydrogens is 300 g/mol. The number of aryl methyl sites for hydroxylation is 1. The second-order valence-electron chi connectivity index (χ2n) is 5.60. The first-order valence-electron chi connectivity index (χ1n) is 7.64. The number of rotatable bonds is 4. The Morgan fingerprint density at radius 3 is 2.54 bits per heavy atom. The van der Waals surface area contributed by atoms with E-state index in [1.807, 2.05) is 53.2 Å². The predicted molar refractivity (Wildman–Crippen MR) is 91.0 cm³/mol. The summed E-state index contributed by atoms with van der Waals surface area (Å²) >= 11 is 0. The molecule has 4 rings (SSSR count). The molecule has 0 N–H and O–H groups in total. The van der Waals surface area contributed by atoms with Gasteiger partial charge in [0, 0.05) is 36.8 Å². The van der Waals surface area contributed by atoms with E-state index in [1.165, 1.54) is 6.33 Å². The van der Waals surface area contributed by atoms with Gasteiger partial charge in [0.1, 0.15) is 6.33 Å². The lowest BCUT2D eigenvalue weighted by Crippen LogP contribution is -2.04. The Labute approximate surface area is 139 Å². The average Bonchev–Trinajstić information content (AvgIpc) is 3.26. The molecule has 3 heterocycles. The Bertz CT molecular complexity index is 954. The third kappa shape index (κ3) is 2.81. The molecule has 0 spiro atoms. The summed E-state index contributed by atoms with van der Waals surface area (Å²) in [5, 5.41) is 4.68. The fourth-order valence-electron chi connectivity index (χ4n) is 2.61. The third-order valence-electron chi connectivity index (χ3n) is 3.93. The van der Waals surface area contributed by atoms with Crippen LogP contribution >= 0.6 is 0 Å². The first-order valence-corrected chi connectivity index (χ1v) is 7.64. The number of aromatic nitrogens is 6. The third-order valence-corrected chi connectivity index (χ3v) is 3.93. The molecule has 0 aliphatic rings. The van der Waals surface area contributed by atoms with Crippen molar-refractivity contribution in [2.24, 2.45) is 7.05 Å². The van der Waals surface area contributed by atoms with E-state index >= 15 is 0 Å². The van der Waals surface area contributed by atoms with E-state index in [0.29, 0.717) is 6.54 Å². The maximum atomic E-state index is 4.68. The van der Waals surface area contributed by atoms with Crippen molar-refractivity contribution < 1.29 is 0 Å². The minimum absolute atomic E-state index is 0.697. The largest absolute Gasteiger partial charge is 0.336 e. The monoisotopic (exact) mass is 316 g/mol. The fraction of sp³-hybridized carbons (Fsp3) is 0.111. The molecule has 0 atom stereocenters. The van der Waals surface area contributed by atoms with Gasteiger partial charge in [-0.3, -0.25) is 4.68 Å². The molecule has 118 valence electrons. The molecule has 1 aromatic carbocycles. The van der Waals surface area contributed by atoms with Gasteiger partial charge in [0.05, 0.1) is 30.5 Å². The summed E-state index contributed by atoms with van der Waals surface area (Å²) in [5.41, 5.74) is 5.19. The van der Waals surface area contributed by atoms with Crippen molar-refractivity contribution in [1.29, 1.82) is 0 Å². The standard InChI is InChI=1S/C18H16N6/c1-23-13-21-10-17(23)11-24-6-5-18(22-24)15-4-2-3-14(7-15)16-8-19-12-20-9-16/h2-10,12-13H,11H2,1H3. The summed E-state index contributed by atoms with van der Waals surface area (Å²) in [4.78, 5) is 12.3. The second-order valence-corrected chi connectivity index (χ2v) is 5.60. The Morgan fingerprint density at radius 1 is 0.917 bits per heavy atom. The minimum atomic E-state index is 0.697. The predicted octanol–water partition coefficient (Wildman–Crippen LogP) is 2.79. The van der Waals surface area contributed by atoms with Gasteiger partial charge in [-0.1, -0.05) is 18.2 Å². The molecule has 0 aliphatic carbocycles. The van der Waals surface area contributed by atoms with E-state index < -0.39 is 0 Å². The number of imidazole rings is 1. The van der Waals surface area contributed by atoms with E-state index in [0.717, 1.165) is 28.1 Å².